The van der Waals surface area contributed by atoms with Crippen molar-refractivity contribution in [3.05, 3.63) is 0 Å². The van der Waals surface area contributed by atoms with Gasteiger partial charge < -0.3 is 183 Å². The maximum absolute atomic E-state index is 11.3. The number of hydrogen-bond donors (Lipinski definition) is 22. The molecule has 7 heterocycles. The number of hydrogen-bond acceptors (Lipinski definition) is 37. The summed E-state index contributed by atoms with van der Waals surface area (Å²) in [4.78, 5) is 0. The fourth-order valence-electron chi connectivity index (χ4n) is 10.2. The SMILES string of the molecule is CO[C@H]1OC(CO)[C@@H](O[C@H]2OC(CO[C@H]3OC(CO)[C@@H](OC)[C@H](O)C3O)[C@@H](O[C@H]3OC(CO)[C@@H](OC)[C@H](O)C3O)[C@H](O)C2O)[C@H](O)C1O.OCC1O[C@H](O[C@H]2C(CO)O[C@H](O[C@H]3C(CO)O[C@H](O)C(O)[C@@H]3O)C(O)[C@@H]2O)C(O)[C@H](O)[C@@H]1O. The van der Waals surface area contributed by atoms with Crippen LogP contribution in [0.25, 0.3) is 0 Å². The van der Waals surface area contributed by atoms with Crippen LogP contribution in [-0.2, 0) is 71.1 Å². The number of ether oxygens (including phenoxy) is 15. The Hall–Kier alpha value is -1.48. The first-order chi connectivity index (χ1) is 38.9. The Bertz CT molecular complexity index is 1840. The second kappa shape index (κ2) is 31.1. The molecule has 0 bridgehead atoms. The number of aliphatic hydroxyl groups is 22. The van der Waals surface area contributed by atoms with Crippen molar-refractivity contribution in [2.24, 2.45) is 0 Å². The summed E-state index contributed by atoms with van der Waals surface area (Å²) < 4.78 is 81.2. The van der Waals surface area contributed by atoms with E-state index < -0.39 is 261 Å². The van der Waals surface area contributed by atoms with Crippen LogP contribution in [0.3, 0.4) is 0 Å². The molecule has 7 rings (SSSR count). The molecule has 0 aromatic carbocycles. The summed E-state index contributed by atoms with van der Waals surface area (Å²) in [5, 5.41) is 224. The number of aliphatic hydroxyl groups excluding tert-OH is 22. The van der Waals surface area contributed by atoms with Gasteiger partial charge in [-0.3, -0.25) is 0 Å². The fourth-order valence-corrected chi connectivity index (χ4v) is 10.2. The zero-order valence-electron chi connectivity index (χ0n) is 44.1. The lowest BCUT2D eigenvalue weighted by atomic mass is 9.96. The summed E-state index contributed by atoms with van der Waals surface area (Å²) in [5.41, 5.74) is 0. The molecule has 37 heteroatoms. The van der Waals surface area contributed by atoms with Gasteiger partial charge in [-0.1, -0.05) is 0 Å². The number of rotatable bonds is 20. The molecule has 0 aliphatic carbocycles. The van der Waals surface area contributed by atoms with Crippen LogP contribution in [0.2, 0.25) is 0 Å². The van der Waals surface area contributed by atoms with Crippen molar-refractivity contribution in [2.45, 2.75) is 215 Å². The Kier molecular flexibility index (Phi) is 26.4. The average Bonchev–Trinajstić information content (AvgIpc) is 3.64. The van der Waals surface area contributed by atoms with E-state index in [1.54, 1.807) is 0 Å². The highest BCUT2D eigenvalue weighted by Crippen LogP contribution is 2.36. The van der Waals surface area contributed by atoms with Crippen LogP contribution in [0, 0.1) is 0 Å². The molecule has 0 radical (unpaired) electrons. The minimum absolute atomic E-state index is 0.629. The van der Waals surface area contributed by atoms with Crippen molar-refractivity contribution >= 4 is 0 Å². The summed E-state index contributed by atoms with van der Waals surface area (Å²) in [5.74, 6) is 0. The highest BCUT2D eigenvalue weighted by molar-refractivity contribution is 4.99. The van der Waals surface area contributed by atoms with Gasteiger partial charge in [0.2, 0.25) is 0 Å². The second-order valence-electron chi connectivity index (χ2n) is 20.1. The van der Waals surface area contributed by atoms with E-state index in [0.717, 1.165) is 0 Å². The van der Waals surface area contributed by atoms with Gasteiger partial charge in [0.25, 0.3) is 0 Å². The quantitative estimate of drug-likeness (QED) is 0.0538. The van der Waals surface area contributed by atoms with Crippen LogP contribution >= 0.6 is 0 Å². The summed E-state index contributed by atoms with van der Waals surface area (Å²) in [7, 11) is 3.65. The molecule has 0 spiro atoms. The molecule has 35 atom stereocenters. The number of methoxy groups -OCH3 is 3. The highest BCUT2D eigenvalue weighted by atomic mass is 16.8. The Balaban J connectivity index is 0.000000280. The van der Waals surface area contributed by atoms with E-state index in [-0.39, 0.29) is 0 Å². The van der Waals surface area contributed by atoms with Gasteiger partial charge in [-0.05, 0) is 0 Å². The van der Waals surface area contributed by atoms with E-state index in [2.05, 4.69) is 0 Å². The fraction of sp³-hybridized carbons (Fsp3) is 1.00. The zero-order valence-corrected chi connectivity index (χ0v) is 44.1. The van der Waals surface area contributed by atoms with E-state index in [1.165, 1.54) is 21.3 Å². The van der Waals surface area contributed by atoms with Gasteiger partial charge >= 0.3 is 0 Å². The minimum Gasteiger partial charge on any atom is -0.394 e. The van der Waals surface area contributed by atoms with Gasteiger partial charge in [-0.2, -0.15) is 0 Å². The second-order valence-corrected chi connectivity index (χ2v) is 20.1. The van der Waals surface area contributed by atoms with E-state index in [0.29, 0.717) is 0 Å². The van der Waals surface area contributed by atoms with Gasteiger partial charge in [0.05, 0.1) is 46.2 Å². The third kappa shape index (κ3) is 15.0. The average molecular weight is 1210 g/mol. The van der Waals surface area contributed by atoms with Crippen molar-refractivity contribution in [1.29, 1.82) is 0 Å². The van der Waals surface area contributed by atoms with Crippen LogP contribution in [-0.4, -0.2) is 395 Å². The Morgan fingerprint density at radius 2 is 0.512 bits per heavy atom. The van der Waals surface area contributed by atoms with Crippen LogP contribution < -0.4 is 0 Å². The van der Waals surface area contributed by atoms with E-state index >= 15 is 0 Å². The van der Waals surface area contributed by atoms with Crippen LogP contribution in [0.1, 0.15) is 0 Å². The molecular formula is C45H80O37. The Morgan fingerprint density at radius 1 is 0.244 bits per heavy atom. The largest absolute Gasteiger partial charge is 0.394 e. The molecule has 0 amide bonds. The maximum atomic E-state index is 11.3. The molecule has 7 aliphatic heterocycles. The zero-order chi connectivity index (χ0) is 60.8. The van der Waals surface area contributed by atoms with Crippen molar-refractivity contribution in [3.8, 4) is 0 Å². The lowest BCUT2D eigenvalue weighted by Gasteiger charge is -2.48. The normalized spacial score (nSPS) is 51.3. The predicted octanol–water partition coefficient (Wildman–Crippen LogP) is -15.4. The minimum atomic E-state index is -1.99. The topological polar surface area (TPSA) is 584 Å². The molecule has 7 saturated heterocycles. The van der Waals surface area contributed by atoms with Crippen LogP contribution in [0.5, 0.6) is 0 Å². The summed E-state index contributed by atoms with van der Waals surface area (Å²) in [6, 6.07) is 0. The van der Waals surface area contributed by atoms with Crippen LogP contribution in [0.4, 0.5) is 0 Å². The van der Waals surface area contributed by atoms with E-state index in [9.17, 15) is 112 Å². The van der Waals surface area contributed by atoms with Gasteiger partial charge in [0.1, 0.15) is 171 Å². The highest BCUT2D eigenvalue weighted by Gasteiger charge is 2.57. The molecule has 0 aromatic rings. The van der Waals surface area contributed by atoms with E-state index in [1.807, 2.05) is 0 Å². The first-order valence-corrected chi connectivity index (χ1v) is 25.9. The molecule has 7 aliphatic rings. The molecule has 7 fully saturated rings. The molecule has 0 aromatic heterocycles. The van der Waals surface area contributed by atoms with Gasteiger partial charge in [0, 0.05) is 21.3 Å². The lowest BCUT2D eigenvalue weighted by molar-refractivity contribution is -0.384. The summed E-state index contributed by atoms with van der Waals surface area (Å²) in [6.45, 7) is -5.03. The standard InChI is InChI=1S/C27H48O21.C18H32O16/c1-39-20-8(4-28)44-25(17(36)12(20)31)42-7-11-23(48-26-18(37)13(32)21(40-2)9(5-29)45-26)15(34)19(38)27(46-11)47-22-10(6-30)43-24(41-3)16(35)14(22)33;19-1-4-7(22)8(23)12(27)17(31-4)34-15-6(3-21)32-18(13(28)10(15)25)33-14-5(2-20)30-16(29)11(26)9(14)24/h8-38H,4-7H2,1-3H3;4-29H,1-3H2/t8?,9?,10?,11?,12-,13-,14-,15-,16?,17?,18?,19?,20-,21-,22-,23-,24+,25+,26-,27-;4?,5?,6?,7-,8-,9+,10+,11?,12?,13?,14+,15+,16+,17-,18-/m11/s1. The summed E-state index contributed by atoms with van der Waals surface area (Å²) in [6.07, 6.45) is -56.4. The van der Waals surface area contributed by atoms with Crippen molar-refractivity contribution in [2.75, 3.05) is 67.6 Å². The first kappa shape index (κ1) is 69.6. The van der Waals surface area contributed by atoms with Gasteiger partial charge in [-0.25, -0.2) is 0 Å². The Labute approximate surface area is 465 Å². The molecule has 482 valence electrons. The monoisotopic (exact) mass is 1210 g/mol. The molecule has 14 unspecified atom stereocenters. The van der Waals surface area contributed by atoms with E-state index in [4.69, 9.17) is 71.1 Å². The smallest absolute Gasteiger partial charge is 0.187 e. The Morgan fingerprint density at radius 3 is 0.890 bits per heavy atom. The van der Waals surface area contributed by atoms with Crippen molar-refractivity contribution < 1.29 is 183 Å². The maximum Gasteiger partial charge on any atom is 0.187 e. The predicted molar refractivity (Wildman–Crippen MR) is 250 cm³/mol. The van der Waals surface area contributed by atoms with Crippen molar-refractivity contribution in [3.63, 3.8) is 0 Å². The molecule has 22 N–H and O–H groups in total. The first-order valence-electron chi connectivity index (χ1n) is 25.9. The third-order valence-electron chi connectivity index (χ3n) is 15.0. The van der Waals surface area contributed by atoms with Gasteiger partial charge in [-0.15, -0.1) is 0 Å². The third-order valence-corrected chi connectivity index (χ3v) is 15.0. The summed E-state index contributed by atoms with van der Waals surface area (Å²) >= 11 is 0. The van der Waals surface area contributed by atoms with Gasteiger partial charge in [0.15, 0.2) is 44.0 Å². The molecule has 0 saturated carbocycles. The van der Waals surface area contributed by atoms with Crippen molar-refractivity contribution in [1.82, 2.24) is 0 Å². The molecule has 82 heavy (non-hydrogen) atoms. The van der Waals surface area contributed by atoms with Crippen LogP contribution in [0.15, 0.2) is 0 Å². The molecular weight excluding hydrogens is 1130 g/mol. The molecule has 37 nitrogen and oxygen atoms in total. The lowest BCUT2D eigenvalue weighted by Crippen LogP contribution is -2.67.